The van der Waals surface area contributed by atoms with Gasteiger partial charge in [0.25, 0.3) is 0 Å². The first-order chi connectivity index (χ1) is 12.8. The van der Waals surface area contributed by atoms with Crippen LogP contribution in [0.2, 0.25) is 0 Å². The molecule has 1 amide bonds. The van der Waals surface area contributed by atoms with Crippen molar-refractivity contribution in [1.29, 1.82) is 0 Å². The average Bonchev–Trinajstić information content (AvgIpc) is 3.27. The molecule has 3 heterocycles. The second-order valence-electron chi connectivity index (χ2n) is 7.82. The van der Waals surface area contributed by atoms with E-state index in [9.17, 15) is 9.59 Å². The van der Waals surface area contributed by atoms with E-state index in [0.29, 0.717) is 6.42 Å². The third kappa shape index (κ3) is 4.50. The van der Waals surface area contributed by atoms with Gasteiger partial charge in [0.1, 0.15) is 17.9 Å². The standard InChI is InChI=1S/C19H27N3O5/c1-19(2,3)27-18(24)21-11-13(9-15(21)17(23)25-4)14-10-20-22(12-14)16-7-5-6-8-26-16/h10-12,15-16H,5-9H2,1-4H3/t15-,16?/m1/s1. The summed E-state index contributed by atoms with van der Waals surface area (Å²) in [6.07, 6.45) is 8.10. The summed E-state index contributed by atoms with van der Waals surface area (Å²) < 4.78 is 17.8. The maximum Gasteiger partial charge on any atom is 0.415 e. The Balaban J connectivity index is 1.80. The van der Waals surface area contributed by atoms with Crippen LogP contribution in [0, 0.1) is 0 Å². The molecule has 2 atom stereocenters. The fourth-order valence-electron chi connectivity index (χ4n) is 3.23. The molecule has 8 heteroatoms. The Bertz CT molecular complexity index is 728. The molecule has 1 fully saturated rings. The summed E-state index contributed by atoms with van der Waals surface area (Å²) in [4.78, 5) is 26.0. The number of hydrogen-bond acceptors (Lipinski definition) is 6. The van der Waals surface area contributed by atoms with Gasteiger partial charge in [0.05, 0.1) is 13.3 Å². The second kappa shape index (κ2) is 7.72. The molecule has 1 saturated heterocycles. The van der Waals surface area contributed by atoms with Crippen molar-refractivity contribution in [1.82, 2.24) is 14.7 Å². The van der Waals surface area contributed by atoms with Gasteiger partial charge in [0.2, 0.25) is 0 Å². The molecular weight excluding hydrogens is 350 g/mol. The number of carbonyl (C=O) groups is 2. The van der Waals surface area contributed by atoms with Crippen LogP contribution in [0.4, 0.5) is 4.79 Å². The third-order valence-corrected chi connectivity index (χ3v) is 4.54. The van der Waals surface area contributed by atoms with E-state index in [1.807, 2.05) is 6.20 Å². The summed E-state index contributed by atoms with van der Waals surface area (Å²) in [7, 11) is 1.31. The lowest BCUT2D eigenvalue weighted by Gasteiger charge is -2.26. The Morgan fingerprint density at radius 2 is 2.07 bits per heavy atom. The van der Waals surface area contributed by atoms with Crippen LogP contribution in [0.5, 0.6) is 0 Å². The zero-order valence-corrected chi connectivity index (χ0v) is 16.3. The number of esters is 1. The van der Waals surface area contributed by atoms with E-state index in [1.54, 1.807) is 37.8 Å². The number of ether oxygens (including phenoxy) is 3. The van der Waals surface area contributed by atoms with Crippen LogP contribution in [0.1, 0.15) is 58.2 Å². The van der Waals surface area contributed by atoms with Crippen molar-refractivity contribution in [2.45, 2.75) is 64.3 Å². The van der Waals surface area contributed by atoms with E-state index in [2.05, 4.69) is 5.10 Å². The zero-order valence-electron chi connectivity index (χ0n) is 16.3. The minimum absolute atomic E-state index is 0.0622. The Labute approximate surface area is 159 Å². The molecule has 0 bridgehead atoms. The van der Waals surface area contributed by atoms with E-state index in [4.69, 9.17) is 14.2 Å². The maximum atomic E-state index is 12.5. The van der Waals surface area contributed by atoms with Crippen molar-refractivity contribution in [2.24, 2.45) is 0 Å². The lowest BCUT2D eigenvalue weighted by atomic mass is 10.1. The van der Waals surface area contributed by atoms with Crippen molar-refractivity contribution in [3.63, 3.8) is 0 Å². The Morgan fingerprint density at radius 3 is 2.70 bits per heavy atom. The van der Waals surface area contributed by atoms with E-state index in [0.717, 1.165) is 37.0 Å². The highest BCUT2D eigenvalue weighted by atomic mass is 16.6. The predicted octanol–water partition coefficient (Wildman–Crippen LogP) is 3.11. The molecule has 1 aromatic rings. The highest BCUT2D eigenvalue weighted by molar-refractivity contribution is 5.88. The number of amides is 1. The van der Waals surface area contributed by atoms with Gasteiger partial charge < -0.3 is 14.2 Å². The van der Waals surface area contributed by atoms with Crippen LogP contribution in [0.15, 0.2) is 18.6 Å². The molecule has 8 nitrogen and oxygen atoms in total. The van der Waals surface area contributed by atoms with Gasteiger partial charge in [-0.2, -0.15) is 5.10 Å². The van der Waals surface area contributed by atoms with Crippen molar-refractivity contribution < 1.29 is 23.8 Å². The molecule has 0 aliphatic carbocycles. The van der Waals surface area contributed by atoms with Gasteiger partial charge in [-0.05, 0) is 45.6 Å². The Hall–Kier alpha value is -2.35. The van der Waals surface area contributed by atoms with Crippen molar-refractivity contribution in [3.05, 3.63) is 24.2 Å². The third-order valence-electron chi connectivity index (χ3n) is 4.54. The number of aromatic nitrogens is 2. The van der Waals surface area contributed by atoms with Gasteiger partial charge in [-0.25, -0.2) is 14.3 Å². The lowest BCUT2D eigenvalue weighted by molar-refractivity contribution is -0.145. The normalized spacial score (nSPS) is 23.1. The van der Waals surface area contributed by atoms with E-state index in [1.165, 1.54) is 12.0 Å². The largest absolute Gasteiger partial charge is 0.467 e. The molecule has 1 aromatic heterocycles. The molecule has 27 heavy (non-hydrogen) atoms. The highest BCUT2D eigenvalue weighted by Crippen LogP contribution is 2.32. The quantitative estimate of drug-likeness (QED) is 0.753. The smallest absolute Gasteiger partial charge is 0.415 e. The lowest BCUT2D eigenvalue weighted by Crippen LogP contribution is -2.42. The highest BCUT2D eigenvalue weighted by Gasteiger charge is 2.38. The van der Waals surface area contributed by atoms with Crippen molar-refractivity contribution in [3.8, 4) is 0 Å². The van der Waals surface area contributed by atoms with E-state index >= 15 is 0 Å². The topological polar surface area (TPSA) is 82.9 Å². The van der Waals surface area contributed by atoms with Gasteiger partial charge in [-0.3, -0.25) is 4.90 Å². The second-order valence-corrected chi connectivity index (χ2v) is 7.82. The number of nitrogens with zero attached hydrogens (tertiary/aromatic N) is 3. The minimum atomic E-state index is -0.742. The first-order valence-electron chi connectivity index (χ1n) is 9.24. The molecule has 1 unspecified atom stereocenters. The first kappa shape index (κ1) is 19.4. The number of carbonyl (C=O) groups excluding carboxylic acids is 2. The fourth-order valence-corrected chi connectivity index (χ4v) is 3.23. The summed E-state index contributed by atoms with van der Waals surface area (Å²) in [5.74, 6) is -0.477. The zero-order chi connectivity index (χ0) is 19.6. The van der Waals surface area contributed by atoms with Gasteiger partial charge in [0, 0.05) is 31.0 Å². The summed E-state index contributed by atoms with van der Waals surface area (Å²) in [6, 6.07) is -0.742. The Kier molecular flexibility index (Phi) is 5.55. The minimum Gasteiger partial charge on any atom is -0.467 e. The number of hydrogen-bond donors (Lipinski definition) is 0. The van der Waals surface area contributed by atoms with Crippen molar-refractivity contribution in [2.75, 3.05) is 13.7 Å². The monoisotopic (exact) mass is 377 g/mol. The molecular formula is C19H27N3O5. The molecule has 3 rings (SSSR count). The fraction of sp³-hybridized carbons (Fsp3) is 0.632. The average molecular weight is 377 g/mol. The van der Waals surface area contributed by atoms with Crippen LogP contribution >= 0.6 is 0 Å². The van der Waals surface area contributed by atoms with Crippen molar-refractivity contribution >= 4 is 17.6 Å². The number of methoxy groups -OCH3 is 1. The predicted molar refractivity (Wildman–Crippen MR) is 97.5 cm³/mol. The van der Waals surface area contributed by atoms with Gasteiger partial charge in [0.15, 0.2) is 0 Å². The SMILES string of the molecule is COC(=O)[C@H]1CC(c2cnn(C3CCCCO3)c2)=CN1C(=O)OC(C)(C)C. The molecule has 0 aromatic carbocycles. The molecule has 148 valence electrons. The maximum absolute atomic E-state index is 12.5. The van der Waals surface area contributed by atoms with Crippen LogP contribution < -0.4 is 0 Å². The van der Waals surface area contributed by atoms with E-state index in [-0.39, 0.29) is 6.23 Å². The first-order valence-corrected chi connectivity index (χ1v) is 9.24. The van der Waals surface area contributed by atoms with Crippen LogP contribution in [-0.4, -0.2) is 52.1 Å². The molecule has 0 radical (unpaired) electrons. The van der Waals surface area contributed by atoms with Crippen LogP contribution in [0.3, 0.4) is 0 Å². The molecule has 0 spiro atoms. The number of rotatable bonds is 3. The molecule has 0 saturated carbocycles. The summed E-state index contributed by atoms with van der Waals surface area (Å²) >= 11 is 0. The molecule has 2 aliphatic rings. The van der Waals surface area contributed by atoms with Gasteiger partial charge in [-0.15, -0.1) is 0 Å². The van der Waals surface area contributed by atoms with E-state index < -0.39 is 23.7 Å². The van der Waals surface area contributed by atoms with Gasteiger partial charge >= 0.3 is 12.1 Å². The molecule has 0 N–H and O–H groups in total. The van der Waals surface area contributed by atoms with Gasteiger partial charge in [-0.1, -0.05) is 0 Å². The summed E-state index contributed by atoms with van der Waals surface area (Å²) in [5.41, 5.74) is 1.03. The summed E-state index contributed by atoms with van der Waals surface area (Å²) in [5, 5.41) is 4.40. The van der Waals surface area contributed by atoms with Crippen LogP contribution in [-0.2, 0) is 19.0 Å². The summed E-state index contributed by atoms with van der Waals surface area (Å²) in [6.45, 7) is 6.09. The Morgan fingerprint density at radius 1 is 1.30 bits per heavy atom. The van der Waals surface area contributed by atoms with Crippen LogP contribution in [0.25, 0.3) is 5.57 Å². The molecule has 2 aliphatic heterocycles.